The molecule has 186 valence electrons. The van der Waals surface area contributed by atoms with E-state index in [2.05, 4.69) is 0 Å². The predicted molar refractivity (Wildman–Crippen MR) is 137 cm³/mol. The first-order chi connectivity index (χ1) is 17.3. The number of nitrogens with zero attached hydrogens (tertiary/aromatic N) is 2. The number of ether oxygens (including phenoxy) is 2. The fourth-order valence-electron chi connectivity index (χ4n) is 3.89. The molecule has 0 N–H and O–H groups in total. The molecule has 4 rings (SSSR count). The number of para-hydroxylation sites is 1. The van der Waals surface area contributed by atoms with Gasteiger partial charge in [-0.2, -0.15) is 0 Å². The molecule has 9 heteroatoms. The van der Waals surface area contributed by atoms with E-state index in [-0.39, 0.29) is 10.5 Å². The number of rotatable bonds is 8. The van der Waals surface area contributed by atoms with Gasteiger partial charge in [0.05, 0.1) is 35.4 Å². The van der Waals surface area contributed by atoms with Crippen molar-refractivity contribution in [3.05, 3.63) is 90.1 Å². The molecule has 0 unspecified atom stereocenters. The van der Waals surface area contributed by atoms with Gasteiger partial charge < -0.3 is 9.47 Å². The van der Waals surface area contributed by atoms with Gasteiger partial charge in [0.2, 0.25) is 0 Å². The van der Waals surface area contributed by atoms with Gasteiger partial charge in [-0.1, -0.05) is 35.9 Å². The molecule has 1 aromatic heterocycles. The second-order valence-electron chi connectivity index (χ2n) is 8.07. The van der Waals surface area contributed by atoms with Crippen LogP contribution < -0.4 is 9.04 Å². The lowest BCUT2D eigenvalue weighted by atomic mass is 10.2. The lowest BCUT2D eigenvalue weighted by Crippen LogP contribution is -2.37. The van der Waals surface area contributed by atoms with E-state index in [9.17, 15) is 18.0 Å². The first-order valence-electron chi connectivity index (χ1n) is 11.3. The molecule has 0 saturated carbocycles. The Labute approximate surface area is 209 Å². The molecule has 0 aliphatic rings. The summed E-state index contributed by atoms with van der Waals surface area (Å²) in [5, 5.41) is 0.534. The lowest BCUT2D eigenvalue weighted by Gasteiger charge is -2.24. The molecule has 0 radical (unpaired) electrons. The van der Waals surface area contributed by atoms with Crippen LogP contribution in [0.4, 0.5) is 5.69 Å². The number of carbonyl (C=O) groups is 2. The number of aryl methyl sites for hydroxylation is 1. The molecule has 0 saturated heterocycles. The van der Waals surface area contributed by atoms with Gasteiger partial charge in [0.25, 0.3) is 15.9 Å². The van der Waals surface area contributed by atoms with E-state index >= 15 is 0 Å². The number of hydrogen-bond donors (Lipinski definition) is 0. The number of benzene rings is 3. The molecular weight excluding hydrogens is 480 g/mol. The Morgan fingerprint density at radius 1 is 0.944 bits per heavy atom. The van der Waals surface area contributed by atoms with Crippen molar-refractivity contribution in [2.75, 3.05) is 24.6 Å². The molecule has 0 fully saturated rings. The van der Waals surface area contributed by atoms with Gasteiger partial charge >= 0.3 is 5.97 Å². The molecule has 1 heterocycles. The summed E-state index contributed by atoms with van der Waals surface area (Å²) in [6, 6.07) is 19.8. The van der Waals surface area contributed by atoms with Crippen molar-refractivity contribution in [1.82, 2.24) is 4.57 Å². The summed E-state index contributed by atoms with van der Waals surface area (Å²) in [6.07, 6.45) is 1.38. The number of hydrogen-bond acceptors (Lipinski definition) is 6. The number of methoxy groups -OCH3 is 1. The zero-order chi connectivity index (χ0) is 25.9. The SMILES string of the molecule is CCOc1ccc(N(CC(=O)n2cc(C(=O)OC)c3ccccc32)S(=O)(=O)c2ccc(C)cc2)cc1. The summed E-state index contributed by atoms with van der Waals surface area (Å²) in [5.74, 6) is -0.543. The van der Waals surface area contributed by atoms with Crippen LogP contribution in [-0.4, -0.2) is 45.1 Å². The minimum atomic E-state index is -4.10. The highest BCUT2D eigenvalue weighted by atomic mass is 32.2. The van der Waals surface area contributed by atoms with Crippen LogP contribution in [0.2, 0.25) is 0 Å². The van der Waals surface area contributed by atoms with Crippen molar-refractivity contribution >= 4 is 38.5 Å². The Morgan fingerprint density at radius 3 is 2.25 bits per heavy atom. The largest absolute Gasteiger partial charge is 0.494 e. The van der Waals surface area contributed by atoms with Gasteiger partial charge in [-0.05, 0) is 56.3 Å². The zero-order valence-corrected chi connectivity index (χ0v) is 21.0. The lowest BCUT2D eigenvalue weighted by molar-refractivity contribution is 0.0603. The number of aromatic nitrogens is 1. The molecule has 36 heavy (non-hydrogen) atoms. The van der Waals surface area contributed by atoms with Gasteiger partial charge in [-0.15, -0.1) is 0 Å². The van der Waals surface area contributed by atoms with Crippen LogP contribution >= 0.6 is 0 Å². The molecule has 3 aromatic carbocycles. The van der Waals surface area contributed by atoms with Gasteiger partial charge in [0.1, 0.15) is 12.3 Å². The quantitative estimate of drug-likeness (QED) is 0.322. The average Bonchev–Trinajstić information content (AvgIpc) is 3.27. The van der Waals surface area contributed by atoms with Crippen LogP contribution in [0, 0.1) is 6.92 Å². The van der Waals surface area contributed by atoms with Crippen LogP contribution in [0.5, 0.6) is 5.75 Å². The Kier molecular flexibility index (Phi) is 7.12. The highest BCUT2D eigenvalue weighted by molar-refractivity contribution is 7.92. The smallest absolute Gasteiger partial charge is 0.340 e. The number of esters is 1. The van der Waals surface area contributed by atoms with Crippen molar-refractivity contribution in [3.8, 4) is 5.75 Å². The van der Waals surface area contributed by atoms with Crippen LogP contribution in [0.3, 0.4) is 0 Å². The summed E-state index contributed by atoms with van der Waals surface area (Å²) >= 11 is 0. The summed E-state index contributed by atoms with van der Waals surface area (Å²) in [4.78, 5) is 25.9. The van der Waals surface area contributed by atoms with E-state index in [1.165, 1.54) is 30.0 Å². The van der Waals surface area contributed by atoms with Crippen LogP contribution in [0.15, 0.2) is 83.9 Å². The van der Waals surface area contributed by atoms with Crippen molar-refractivity contribution < 1.29 is 27.5 Å². The number of carbonyl (C=O) groups excluding carboxylic acids is 2. The summed E-state index contributed by atoms with van der Waals surface area (Å²) in [6.45, 7) is 3.68. The van der Waals surface area contributed by atoms with E-state index in [1.807, 2.05) is 13.8 Å². The molecule has 4 aromatic rings. The molecule has 0 amide bonds. The standard InChI is InChI=1S/C27H26N2O6S/c1-4-35-21-13-11-20(12-14-21)29(36(32,33)22-15-9-19(2)10-16-22)18-26(30)28-17-24(27(31)34-3)23-7-5-6-8-25(23)28/h5-17H,4,18H2,1-3H3. The third kappa shape index (κ3) is 4.83. The molecule has 8 nitrogen and oxygen atoms in total. The van der Waals surface area contributed by atoms with Crippen LogP contribution in [-0.2, 0) is 14.8 Å². The molecule has 0 spiro atoms. The van der Waals surface area contributed by atoms with Gasteiger partial charge in [0.15, 0.2) is 0 Å². The summed E-state index contributed by atoms with van der Waals surface area (Å²) in [5.41, 5.74) is 1.90. The fourth-order valence-corrected chi connectivity index (χ4v) is 5.30. The average molecular weight is 507 g/mol. The normalized spacial score (nSPS) is 11.3. The van der Waals surface area contributed by atoms with Crippen molar-refractivity contribution in [3.63, 3.8) is 0 Å². The van der Waals surface area contributed by atoms with Crippen molar-refractivity contribution in [2.45, 2.75) is 18.7 Å². The minimum absolute atomic E-state index is 0.0578. The van der Waals surface area contributed by atoms with Crippen LogP contribution in [0.25, 0.3) is 10.9 Å². The minimum Gasteiger partial charge on any atom is -0.494 e. The van der Waals surface area contributed by atoms with E-state index in [0.29, 0.717) is 28.9 Å². The number of anilines is 1. The zero-order valence-electron chi connectivity index (χ0n) is 20.2. The molecule has 0 aliphatic carbocycles. The highest BCUT2D eigenvalue weighted by Crippen LogP contribution is 2.28. The first-order valence-corrected chi connectivity index (χ1v) is 12.7. The third-order valence-electron chi connectivity index (χ3n) is 5.71. The molecule has 0 aliphatic heterocycles. The van der Waals surface area contributed by atoms with Gasteiger partial charge in [0, 0.05) is 11.6 Å². The van der Waals surface area contributed by atoms with E-state index in [4.69, 9.17) is 9.47 Å². The number of sulfonamides is 1. The topological polar surface area (TPSA) is 94.9 Å². The van der Waals surface area contributed by atoms with E-state index in [1.54, 1.807) is 60.7 Å². The van der Waals surface area contributed by atoms with Crippen molar-refractivity contribution in [2.24, 2.45) is 0 Å². The molecule has 0 bridgehead atoms. The van der Waals surface area contributed by atoms with E-state index < -0.39 is 28.4 Å². The maximum Gasteiger partial charge on any atom is 0.340 e. The van der Waals surface area contributed by atoms with Crippen molar-refractivity contribution in [1.29, 1.82) is 0 Å². The summed E-state index contributed by atoms with van der Waals surface area (Å²) < 4.78 is 40.1. The molecular formula is C27H26N2O6S. The Bertz CT molecular complexity index is 1510. The van der Waals surface area contributed by atoms with Gasteiger partial charge in [-0.3, -0.25) is 13.7 Å². The molecule has 0 atom stereocenters. The Morgan fingerprint density at radius 2 is 1.61 bits per heavy atom. The van der Waals surface area contributed by atoms with E-state index in [0.717, 1.165) is 9.87 Å². The van der Waals surface area contributed by atoms with Gasteiger partial charge in [-0.25, -0.2) is 13.2 Å². The first kappa shape index (κ1) is 25.0. The maximum absolute atomic E-state index is 13.7. The monoisotopic (exact) mass is 506 g/mol. The Balaban J connectivity index is 1.78. The second-order valence-corrected chi connectivity index (χ2v) is 9.93. The second kappa shape index (κ2) is 10.2. The Hall–Kier alpha value is -4.11. The highest BCUT2D eigenvalue weighted by Gasteiger charge is 2.29. The summed E-state index contributed by atoms with van der Waals surface area (Å²) in [7, 11) is -2.84. The predicted octanol–water partition coefficient (Wildman–Crippen LogP) is 4.67. The number of fused-ring (bicyclic) bond motifs is 1. The maximum atomic E-state index is 13.7. The third-order valence-corrected chi connectivity index (χ3v) is 7.50. The van der Waals surface area contributed by atoms with Crippen LogP contribution in [0.1, 0.15) is 27.6 Å². The fraction of sp³-hybridized carbons (Fsp3) is 0.185.